The van der Waals surface area contributed by atoms with Gasteiger partial charge in [-0.25, -0.2) is 0 Å². The fourth-order valence-electron chi connectivity index (χ4n) is 3.36. The van der Waals surface area contributed by atoms with E-state index in [1.54, 1.807) is 13.8 Å². The quantitative estimate of drug-likeness (QED) is 0.353. The molecule has 0 heterocycles. The second-order valence-electron chi connectivity index (χ2n) is 6.85. The first-order chi connectivity index (χ1) is 14.4. The Morgan fingerprint density at radius 2 is 1.39 bits per heavy atom. The summed E-state index contributed by atoms with van der Waals surface area (Å²) in [6.07, 6.45) is 0. The average molecular weight is 451 g/mol. The van der Waals surface area contributed by atoms with Crippen molar-refractivity contribution in [1.82, 2.24) is 5.32 Å². The highest BCUT2D eigenvalue weighted by molar-refractivity contribution is 7.54. The van der Waals surface area contributed by atoms with E-state index in [-0.39, 0.29) is 5.56 Å². The van der Waals surface area contributed by atoms with Crippen LogP contribution in [0.3, 0.4) is 0 Å². The van der Waals surface area contributed by atoms with Crippen molar-refractivity contribution >= 4 is 24.9 Å². The van der Waals surface area contributed by atoms with Crippen LogP contribution in [-0.4, -0.2) is 30.0 Å². The van der Waals surface area contributed by atoms with Crippen molar-refractivity contribution in [2.45, 2.75) is 26.6 Å². The number of nitrogens with zero attached hydrogens (tertiary/aromatic N) is 2. The molecule has 0 unspecified atom stereocenters. The number of non-ortho nitro benzene ring substituents is 2. The molecule has 12 heteroatoms. The molecule has 0 radical (unpaired) electrons. The number of nitro benzene ring substituents is 2. The molecule has 1 amide bonds. The zero-order valence-corrected chi connectivity index (χ0v) is 18.5. The molecule has 1 atom stereocenters. The van der Waals surface area contributed by atoms with Gasteiger partial charge in [0.1, 0.15) is 0 Å². The molecule has 0 aliphatic carbocycles. The molecule has 0 spiro atoms. The Hall–Kier alpha value is -3.14. The predicted octanol–water partition coefficient (Wildman–Crippen LogP) is 4.34. The maximum absolute atomic E-state index is 13.3. The number of carbonyl (C=O) groups is 1. The Kier molecular flexibility index (Phi) is 7.27. The van der Waals surface area contributed by atoms with E-state index in [1.807, 2.05) is 19.1 Å². The molecule has 166 valence electrons. The van der Waals surface area contributed by atoms with E-state index in [0.717, 1.165) is 23.8 Å². The lowest BCUT2D eigenvalue weighted by atomic mass is 9.99. The molecule has 11 nitrogen and oxygen atoms in total. The van der Waals surface area contributed by atoms with E-state index in [4.69, 9.17) is 9.05 Å². The average Bonchev–Trinajstić information content (AvgIpc) is 2.71. The van der Waals surface area contributed by atoms with Gasteiger partial charge in [0.05, 0.1) is 21.5 Å². The minimum atomic E-state index is -3.92. The molecule has 2 rings (SSSR count). The van der Waals surface area contributed by atoms with E-state index in [2.05, 4.69) is 5.32 Å². The van der Waals surface area contributed by atoms with Gasteiger partial charge in [-0.3, -0.25) is 29.6 Å². The third kappa shape index (κ3) is 5.13. The van der Waals surface area contributed by atoms with Gasteiger partial charge in [-0.1, -0.05) is 17.7 Å². The van der Waals surface area contributed by atoms with Crippen LogP contribution >= 0.6 is 7.60 Å². The van der Waals surface area contributed by atoms with Gasteiger partial charge in [0.15, 0.2) is 5.78 Å². The third-order valence-electron chi connectivity index (χ3n) is 4.69. The second kappa shape index (κ2) is 9.34. The topological polar surface area (TPSA) is 151 Å². The molecular weight excluding hydrogens is 429 g/mol. The SMILES string of the molecule is COP(=O)(OC)[C@@H](NC(=O)c1cc([N+](=O)[O-])cc([N+](=O)[O-])c1)c1c(C)cc(C)cc1C. The first kappa shape index (κ1) is 24.1. The summed E-state index contributed by atoms with van der Waals surface area (Å²) in [4.78, 5) is 33.5. The molecule has 0 aliphatic heterocycles. The lowest BCUT2D eigenvalue weighted by Crippen LogP contribution is -2.30. The molecule has 0 saturated heterocycles. The van der Waals surface area contributed by atoms with Gasteiger partial charge in [-0.05, 0) is 37.5 Å². The van der Waals surface area contributed by atoms with Crippen molar-refractivity contribution in [1.29, 1.82) is 0 Å². The van der Waals surface area contributed by atoms with E-state index < -0.39 is 40.5 Å². The van der Waals surface area contributed by atoms with Crippen LogP contribution in [-0.2, 0) is 13.6 Å². The van der Waals surface area contributed by atoms with Crippen LogP contribution in [0.15, 0.2) is 30.3 Å². The van der Waals surface area contributed by atoms with Gasteiger partial charge < -0.3 is 14.4 Å². The summed E-state index contributed by atoms with van der Waals surface area (Å²) in [6.45, 7) is 5.41. The smallest absolute Gasteiger partial charge is 0.334 e. The van der Waals surface area contributed by atoms with Crippen molar-refractivity contribution in [2.75, 3.05) is 14.2 Å². The first-order valence-electron chi connectivity index (χ1n) is 8.97. The molecule has 2 aromatic rings. The highest BCUT2D eigenvalue weighted by Gasteiger charge is 2.39. The minimum Gasteiger partial charge on any atom is -0.334 e. The fourth-order valence-corrected chi connectivity index (χ4v) is 4.93. The first-order valence-corrected chi connectivity index (χ1v) is 10.6. The Bertz CT molecular complexity index is 1040. The molecule has 0 aromatic heterocycles. The van der Waals surface area contributed by atoms with Crippen molar-refractivity contribution in [3.8, 4) is 0 Å². The van der Waals surface area contributed by atoms with Crippen LogP contribution in [0.5, 0.6) is 0 Å². The zero-order valence-electron chi connectivity index (χ0n) is 17.6. The summed E-state index contributed by atoms with van der Waals surface area (Å²) >= 11 is 0. The van der Waals surface area contributed by atoms with Gasteiger partial charge in [-0.15, -0.1) is 0 Å². The van der Waals surface area contributed by atoms with Crippen LogP contribution in [0.1, 0.15) is 38.4 Å². The summed E-state index contributed by atoms with van der Waals surface area (Å²) < 4.78 is 23.5. The van der Waals surface area contributed by atoms with Crippen molar-refractivity contribution in [3.63, 3.8) is 0 Å². The van der Waals surface area contributed by atoms with E-state index in [9.17, 15) is 29.6 Å². The van der Waals surface area contributed by atoms with Gasteiger partial charge in [0, 0.05) is 26.4 Å². The monoisotopic (exact) mass is 451 g/mol. The second-order valence-corrected chi connectivity index (χ2v) is 9.17. The minimum absolute atomic E-state index is 0.341. The molecular formula is C19H22N3O8P. The normalized spacial score (nSPS) is 12.3. The number of hydrogen-bond donors (Lipinski definition) is 1. The number of carbonyl (C=O) groups excluding carboxylic acids is 1. The highest BCUT2D eigenvalue weighted by Crippen LogP contribution is 2.59. The van der Waals surface area contributed by atoms with Gasteiger partial charge in [-0.2, -0.15) is 0 Å². The van der Waals surface area contributed by atoms with Crippen molar-refractivity contribution in [2.24, 2.45) is 0 Å². The van der Waals surface area contributed by atoms with Crippen LogP contribution in [0, 0.1) is 41.0 Å². The standard InChI is InChI=1S/C19H22N3O8P/c1-11-6-12(2)17(13(3)7-11)19(31(28,29-4)30-5)20-18(23)14-8-15(21(24)25)10-16(9-14)22(26)27/h6-10,19H,1-5H3,(H,20,23)/t19-/m1/s1. The van der Waals surface area contributed by atoms with Gasteiger partial charge in [0.2, 0.25) is 0 Å². The number of rotatable bonds is 8. The van der Waals surface area contributed by atoms with Gasteiger partial charge >= 0.3 is 7.60 Å². The van der Waals surface area contributed by atoms with Gasteiger partial charge in [0.25, 0.3) is 17.3 Å². The molecule has 0 bridgehead atoms. The summed E-state index contributed by atoms with van der Waals surface area (Å²) in [5.41, 5.74) is 1.27. The largest absolute Gasteiger partial charge is 0.356 e. The predicted molar refractivity (Wildman–Crippen MR) is 112 cm³/mol. The lowest BCUT2D eigenvalue weighted by molar-refractivity contribution is -0.394. The number of amides is 1. The maximum Gasteiger partial charge on any atom is 0.356 e. The number of nitrogens with one attached hydrogen (secondary N) is 1. The molecule has 0 saturated carbocycles. The Balaban J connectivity index is 2.62. The Morgan fingerprint density at radius 3 is 1.77 bits per heavy atom. The van der Waals surface area contributed by atoms with Crippen LogP contribution < -0.4 is 5.32 Å². The molecule has 0 aliphatic rings. The third-order valence-corrected chi connectivity index (χ3v) is 6.73. The Labute approximate surface area is 178 Å². The zero-order chi connectivity index (χ0) is 23.5. The molecule has 1 N–H and O–H groups in total. The lowest BCUT2D eigenvalue weighted by Gasteiger charge is -2.28. The summed E-state index contributed by atoms with van der Waals surface area (Å²) in [5.74, 6) is -2.17. The summed E-state index contributed by atoms with van der Waals surface area (Å²) in [5, 5.41) is 24.8. The van der Waals surface area contributed by atoms with Crippen molar-refractivity contribution in [3.05, 3.63) is 78.4 Å². The molecule has 2 aromatic carbocycles. The van der Waals surface area contributed by atoms with Crippen molar-refractivity contribution < 1.29 is 28.3 Å². The maximum atomic E-state index is 13.3. The van der Waals surface area contributed by atoms with Crippen LogP contribution in [0.4, 0.5) is 11.4 Å². The van der Waals surface area contributed by atoms with Crippen LogP contribution in [0.2, 0.25) is 0 Å². The number of hydrogen-bond acceptors (Lipinski definition) is 8. The number of aryl methyl sites for hydroxylation is 3. The molecule has 31 heavy (non-hydrogen) atoms. The molecule has 0 fully saturated rings. The Morgan fingerprint density at radius 1 is 0.935 bits per heavy atom. The summed E-state index contributed by atoms with van der Waals surface area (Å²) in [7, 11) is -1.58. The summed E-state index contributed by atoms with van der Waals surface area (Å²) in [6, 6.07) is 6.21. The highest BCUT2D eigenvalue weighted by atomic mass is 31.2. The van der Waals surface area contributed by atoms with E-state index >= 15 is 0 Å². The van der Waals surface area contributed by atoms with E-state index in [1.165, 1.54) is 14.2 Å². The number of nitro groups is 2. The van der Waals surface area contributed by atoms with E-state index in [0.29, 0.717) is 16.7 Å². The number of benzene rings is 2. The van der Waals surface area contributed by atoms with Crippen LogP contribution in [0.25, 0.3) is 0 Å². The fraction of sp³-hybridized carbons (Fsp3) is 0.316.